The molecule has 0 bridgehead atoms. The third-order valence-electron chi connectivity index (χ3n) is 3.61. The molecule has 1 fully saturated rings. The lowest BCUT2D eigenvalue weighted by molar-refractivity contribution is -0.244. The molecule has 24 heavy (non-hydrogen) atoms. The first kappa shape index (κ1) is 18.1. The van der Waals surface area contributed by atoms with E-state index in [4.69, 9.17) is 9.47 Å². The number of carbonyl (C=O) groups is 2. The summed E-state index contributed by atoms with van der Waals surface area (Å²) >= 11 is 0. The van der Waals surface area contributed by atoms with E-state index in [9.17, 15) is 30.0 Å². The SMILES string of the molecule is CC(=O)NC1C(Oc2ccccc2C(=O)O)OC(CO)C(O)C1O. The van der Waals surface area contributed by atoms with Gasteiger partial charge in [0.05, 0.1) is 6.61 Å². The van der Waals surface area contributed by atoms with Gasteiger partial charge in [0.1, 0.15) is 35.7 Å². The van der Waals surface area contributed by atoms with Crippen LogP contribution in [0, 0.1) is 0 Å². The number of hydrogen-bond acceptors (Lipinski definition) is 7. The van der Waals surface area contributed by atoms with E-state index in [1.807, 2.05) is 0 Å². The predicted octanol–water partition coefficient (Wildman–Crippen LogP) is -1.29. The number of aromatic carboxylic acids is 1. The van der Waals surface area contributed by atoms with Crippen molar-refractivity contribution in [3.05, 3.63) is 29.8 Å². The van der Waals surface area contributed by atoms with Crippen molar-refractivity contribution in [2.45, 2.75) is 37.6 Å². The van der Waals surface area contributed by atoms with E-state index in [0.29, 0.717) is 0 Å². The maximum Gasteiger partial charge on any atom is 0.339 e. The highest BCUT2D eigenvalue weighted by atomic mass is 16.7. The van der Waals surface area contributed by atoms with Gasteiger partial charge in [0.2, 0.25) is 12.2 Å². The molecule has 2 rings (SSSR count). The van der Waals surface area contributed by atoms with Gasteiger partial charge in [-0.25, -0.2) is 4.79 Å². The van der Waals surface area contributed by atoms with Crippen molar-refractivity contribution in [1.82, 2.24) is 5.32 Å². The van der Waals surface area contributed by atoms with Crippen LogP contribution in [0.25, 0.3) is 0 Å². The first-order valence-electron chi connectivity index (χ1n) is 7.23. The second-order valence-corrected chi connectivity index (χ2v) is 5.35. The van der Waals surface area contributed by atoms with Crippen molar-refractivity contribution >= 4 is 11.9 Å². The smallest absolute Gasteiger partial charge is 0.339 e. The summed E-state index contributed by atoms with van der Waals surface area (Å²) in [6.45, 7) is 0.616. The molecule has 1 aliphatic rings. The van der Waals surface area contributed by atoms with Crippen molar-refractivity contribution in [2.24, 2.45) is 0 Å². The molecular formula is C15H19NO8. The van der Waals surface area contributed by atoms with Gasteiger partial charge in [-0.1, -0.05) is 12.1 Å². The molecule has 0 spiro atoms. The number of carboxylic acid groups (broad SMARTS) is 1. The van der Waals surface area contributed by atoms with E-state index in [1.54, 1.807) is 6.07 Å². The highest BCUT2D eigenvalue weighted by Crippen LogP contribution is 2.26. The molecule has 1 heterocycles. The standard InChI is InChI=1S/C15H19NO8/c1-7(18)16-11-13(20)12(19)10(6-17)24-15(11)23-9-5-3-2-4-8(9)14(21)22/h2-5,10-13,15,17,19-20H,6H2,1H3,(H,16,18)(H,21,22). The quantitative estimate of drug-likeness (QED) is 0.445. The summed E-state index contributed by atoms with van der Waals surface area (Å²) < 4.78 is 10.9. The van der Waals surface area contributed by atoms with Gasteiger partial charge in [0.25, 0.3) is 0 Å². The average molecular weight is 341 g/mol. The van der Waals surface area contributed by atoms with E-state index < -0.39 is 49.1 Å². The average Bonchev–Trinajstić information content (AvgIpc) is 2.54. The molecule has 1 aromatic rings. The molecule has 1 saturated heterocycles. The summed E-state index contributed by atoms with van der Waals surface area (Å²) in [6, 6.07) is 4.62. The second-order valence-electron chi connectivity index (χ2n) is 5.35. The molecule has 0 saturated carbocycles. The molecule has 1 aromatic carbocycles. The van der Waals surface area contributed by atoms with Gasteiger partial charge < -0.3 is 35.2 Å². The highest BCUT2D eigenvalue weighted by molar-refractivity contribution is 5.90. The minimum absolute atomic E-state index is 0.0365. The topological polar surface area (TPSA) is 146 Å². The van der Waals surface area contributed by atoms with Crippen LogP contribution >= 0.6 is 0 Å². The van der Waals surface area contributed by atoms with Gasteiger partial charge >= 0.3 is 5.97 Å². The molecule has 9 heteroatoms. The Labute approximate surface area is 137 Å². The number of aliphatic hydroxyl groups is 3. The summed E-state index contributed by atoms with van der Waals surface area (Å²) in [5.74, 6) is -1.76. The van der Waals surface area contributed by atoms with Crippen LogP contribution in [0.15, 0.2) is 24.3 Å². The number of ether oxygens (including phenoxy) is 2. The van der Waals surface area contributed by atoms with Crippen molar-refractivity contribution < 1.29 is 39.5 Å². The number of para-hydroxylation sites is 1. The van der Waals surface area contributed by atoms with Gasteiger partial charge in [-0.3, -0.25) is 4.79 Å². The zero-order chi connectivity index (χ0) is 17.9. The molecule has 0 aliphatic carbocycles. The van der Waals surface area contributed by atoms with Crippen LogP contribution in [0.5, 0.6) is 5.75 Å². The van der Waals surface area contributed by atoms with Crippen LogP contribution in [0.3, 0.4) is 0 Å². The lowest BCUT2D eigenvalue weighted by Gasteiger charge is -2.42. The maximum atomic E-state index is 11.3. The normalized spacial score (nSPS) is 29.8. The Balaban J connectivity index is 2.30. The van der Waals surface area contributed by atoms with Crippen molar-refractivity contribution in [1.29, 1.82) is 0 Å². The monoisotopic (exact) mass is 341 g/mol. The van der Waals surface area contributed by atoms with Crippen LogP contribution in [0.1, 0.15) is 17.3 Å². The number of carbonyl (C=O) groups excluding carboxylic acids is 1. The van der Waals surface area contributed by atoms with Crippen LogP contribution in [0.2, 0.25) is 0 Å². The largest absolute Gasteiger partial charge is 0.478 e. The number of aliphatic hydroxyl groups excluding tert-OH is 3. The van der Waals surface area contributed by atoms with Crippen molar-refractivity contribution in [3.63, 3.8) is 0 Å². The zero-order valence-electron chi connectivity index (χ0n) is 12.8. The Morgan fingerprint density at radius 3 is 2.50 bits per heavy atom. The number of benzene rings is 1. The number of nitrogens with one attached hydrogen (secondary N) is 1. The fourth-order valence-electron chi connectivity index (χ4n) is 2.44. The predicted molar refractivity (Wildman–Crippen MR) is 79.4 cm³/mol. The number of amides is 1. The van der Waals surface area contributed by atoms with Crippen LogP contribution in [0.4, 0.5) is 0 Å². The number of rotatable bonds is 5. The van der Waals surface area contributed by atoms with E-state index in [1.165, 1.54) is 25.1 Å². The molecule has 5 unspecified atom stereocenters. The maximum absolute atomic E-state index is 11.3. The lowest BCUT2D eigenvalue weighted by atomic mass is 9.97. The summed E-state index contributed by atoms with van der Waals surface area (Å²) in [4.78, 5) is 22.6. The zero-order valence-corrected chi connectivity index (χ0v) is 12.8. The Morgan fingerprint density at radius 2 is 1.92 bits per heavy atom. The lowest BCUT2D eigenvalue weighted by Crippen LogP contribution is -2.65. The van der Waals surface area contributed by atoms with Gasteiger partial charge in [-0.15, -0.1) is 0 Å². The van der Waals surface area contributed by atoms with Crippen molar-refractivity contribution in [2.75, 3.05) is 6.61 Å². The molecule has 0 aromatic heterocycles. The fourth-order valence-corrected chi connectivity index (χ4v) is 2.44. The van der Waals surface area contributed by atoms with E-state index in [2.05, 4.69) is 5.32 Å². The Morgan fingerprint density at radius 1 is 1.25 bits per heavy atom. The first-order chi connectivity index (χ1) is 11.3. The molecule has 132 valence electrons. The fraction of sp³-hybridized carbons (Fsp3) is 0.467. The molecule has 1 amide bonds. The van der Waals surface area contributed by atoms with E-state index in [0.717, 1.165) is 0 Å². The minimum atomic E-state index is -1.47. The Kier molecular flexibility index (Phi) is 5.73. The first-order valence-corrected chi connectivity index (χ1v) is 7.23. The third-order valence-corrected chi connectivity index (χ3v) is 3.61. The van der Waals surface area contributed by atoms with Crippen LogP contribution in [-0.2, 0) is 9.53 Å². The summed E-state index contributed by atoms with van der Waals surface area (Å²) in [5.41, 5.74) is -0.135. The molecule has 9 nitrogen and oxygen atoms in total. The van der Waals surface area contributed by atoms with Crippen LogP contribution < -0.4 is 10.1 Å². The number of carboxylic acids is 1. The molecule has 5 N–H and O–H groups in total. The molecule has 0 radical (unpaired) electrons. The number of hydrogen-bond donors (Lipinski definition) is 5. The van der Waals surface area contributed by atoms with Crippen LogP contribution in [-0.4, -0.2) is 69.6 Å². The van der Waals surface area contributed by atoms with Gasteiger partial charge in [0, 0.05) is 6.92 Å². The summed E-state index contributed by atoms with van der Waals surface area (Å²) in [7, 11) is 0. The molecular weight excluding hydrogens is 322 g/mol. The van der Waals surface area contributed by atoms with E-state index in [-0.39, 0.29) is 11.3 Å². The van der Waals surface area contributed by atoms with Gasteiger partial charge in [-0.05, 0) is 12.1 Å². The minimum Gasteiger partial charge on any atom is -0.478 e. The molecule has 5 atom stereocenters. The Hall–Kier alpha value is -2.20. The summed E-state index contributed by atoms with van der Waals surface area (Å²) in [6.07, 6.45) is -5.36. The van der Waals surface area contributed by atoms with Gasteiger partial charge in [-0.2, -0.15) is 0 Å². The van der Waals surface area contributed by atoms with Gasteiger partial charge in [0.15, 0.2) is 0 Å². The van der Waals surface area contributed by atoms with Crippen molar-refractivity contribution in [3.8, 4) is 5.75 Å². The Bertz CT molecular complexity index is 607. The van der Waals surface area contributed by atoms with E-state index >= 15 is 0 Å². The second kappa shape index (κ2) is 7.58. The highest BCUT2D eigenvalue weighted by Gasteiger charge is 2.46. The summed E-state index contributed by atoms with van der Waals surface area (Å²) in [5, 5.41) is 40.9. The molecule has 1 aliphatic heterocycles. The third kappa shape index (κ3) is 3.82.